The number of carboxylic acids is 1. The Balaban J connectivity index is 2.32. The minimum atomic E-state index is -0.976. The van der Waals surface area contributed by atoms with Crippen LogP contribution in [0.4, 0.5) is 0 Å². The van der Waals surface area contributed by atoms with Crippen molar-refractivity contribution in [1.29, 1.82) is 0 Å². The Hall–Kier alpha value is -1.43. The van der Waals surface area contributed by atoms with Crippen molar-refractivity contribution in [2.24, 2.45) is 0 Å². The molecule has 0 saturated heterocycles. The van der Waals surface area contributed by atoms with Crippen LogP contribution in [0, 0.1) is 13.8 Å². The van der Waals surface area contributed by atoms with Crippen molar-refractivity contribution in [2.75, 3.05) is 6.54 Å². The number of amides is 1. The van der Waals surface area contributed by atoms with Gasteiger partial charge >= 0.3 is 5.97 Å². The number of aromatic nitrogens is 1. The number of aryl methyl sites for hydroxylation is 2. The highest BCUT2D eigenvalue weighted by atomic mass is 32.1. The van der Waals surface area contributed by atoms with E-state index in [1.807, 2.05) is 13.8 Å². The number of hydrogen-bond acceptors (Lipinski definition) is 4. The van der Waals surface area contributed by atoms with Gasteiger partial charge in [0.05, 0.1) is 10.7 Å². The summed E-state index contributed by atoms with van der Waals surface area (Å²) < 4.78 is 0. The average Bonchev–Trinajstić information content (AvgIpc) is 3.01. The second-order valence-electron chi connectivity index (χ2n) is 4.53. The zero-order valence-electron chi connectivity index (χ0n) is 10.7. The number of aliphatic carboxylic acids is 1. The highest BCUT2D eigenvalue weighted by Crippen LogP contribution is 2.43. The molecule has 98 valence electrons. The molecular weight excluding hydrogens is 252 g/mol. The van der Waals surface area contributed by atoms with E-state index in [2.05, 4.69) is 4.98 Å². The molecule has 1 heterocycles. The van der Waals surface area contributed by atoms with Gasteiger partial charge in [-0.25, -0.2) is 9.78 Å². The standard InChI is InChI=1S/C12H16N2O3S/c1-4-14(12(5-6-12)11(16)17)10(15)9-7(2)13-8(3)18-9/h4-6H2,1-3H3,(H,16,17). The highest BCUT2D eigenvalue weighted by Gasteiger charge is 2.56. The summed E-state index contributed by atoms with van der Waals surface area (Å²) in [6, 6.07) is 0. The monoisotopic (exact) mass is 268 g/mol. The van der Waals surface area contributed by atoms with Crippen LogP contribution in [0.15, 0.2) is 0 Å². The van der Waals surface area contributed by atoms with Crippen molar-refractivity contribution in [2.45, 2.75) is 39.2 Å². The molecule has 1 amide bonds. The predicted molar refractivity (Wildman–Crippen MR) is 67.9 cm³/mol. The number of carboxylic acid groups (broad SMARTS) is 1. The fraction of sp³-hybridized carbons (Fsp3) is 0.583. The van der Waals surface area contributed by atoms with Crippen LogP contribution in [0.3, 0.4) is 0 Å². The summed E-state index contributed by atoms with van der Waals surface area (Å²) in [4.78, 5) is 30.0. The molecule has 6 heteroatoms. The quantitative estimate of drug-likeness (QED) is 0.904. The molecule has 0 radical (unpaired) electrons. The molecule has 0 aliphatic heterocycles. The fourth-order valence-electron chi connectivity index (χ4n) is 2.21. The molecule has 1 aromatic rings. The van der Waals surface area contributed by atoms with Crippen LogP contribution in [0.1, 0.15) is 40.1 Å². The Bertz CT molecular complexity index is 505. The van der Waals surface area contributed by atoms with E-state index in [0.29, 0.717) is 30.0 Å². The maximum absolute atomic E-state index is 12.4. The van der Waals surface area contributed by atoms with E-state index in [0.717, 1.165) is 5.01 Å². The average molecular weight is 268 g/mol. The van der Waals surface area contributed by atoms with Gasteiger partial charge in [-0.3, -0.25) is 4.79 Å². The molecule has 0 aromatic carbocycles. The third-order valence-electron chi connectivity index (χ3n) is 3.30. The van der Waals surface area contributed by atoms with Gasteiger partial charge in [-0.2, -0.15) is 0 Å². The Morgan fingerprint density at radius 3 is 2.39 bits per heavy atom. The number of rotatable bonds is 4. The van der Waals surface area contributed by atoms with E-state index < -0.39 is 11.5 Å². The summed E-state index contributed by atoms with van der Waals surface area (Å²) in [5, 5.41) is 10.1. The molecule has 1 saturated carbocycles. The summed E-state index contributed by atoms with van der Waals surface area (Å²) in [6.07, 6.45) is 1.08. The lowest BCUT2D eigenvalue weighted by Crippen LogP contribution is -2.47. The van der Waals surface area contributed by atoms with Crippen molar-refractivity contribution in [3.63, 3.8) is 0 Å². The van der Waals surface area contributed by atoms with Gasteiger partial charge in [0.25, 0.3) is 5.91 Å². The topological polar surface area (TPSA) is 70.5 Å². The molecule has 0 unspecified atom stereocenters. The van der Waals surface area contributed by atoms with Gasteiger partial charge in [0.15, 0.2) is 0 Å². The Labute approximate surface area is 109 Å². The van der Waals surface area contributed by atoms with E-state index in [4.69, 9.17) is 0 Å². The first-order valence-corrected chi connectivity index (χ1v) is 6.73. The molecule has 1 aromatic heterocycles. The first-order chi connectivity index (χ1) is 8.42. The molecule has 0 bridgehead atoms. The van der Waals surface area contributed by atoms with Crippen LogP contribution in [0.5, 0.6) is 0 Å². The minimum Gasteiger partial charge on any atom is -0.479 e. The number of carbonyl (C=O) groups excluding carboxylic acids is 1. The molecule has 18 heavy (non-hydrogen) atoms. The summed E-state index contributed by atoms with van der Waals surface area (Å²) in [5.41, 5.74) is -0.293. The molecule has 1 fully saturated rings. The van der Waals surface area contributed by atoms with Gasteiger partial charge < -0.3 is 10.0 Å². The number of carbonyl (C=O) groups is 2. The van der Waals surface area contributed by atoms with E-state index in [9.17, 15) is 14.7 Å². The first-order valence-electron chi connectivity index (χ1n) is 5.91. The summed E-state index contributed by atoms with van der Waals surface area (Å²) in [6.45, 7) is 5.84. The SMILES string of the molecule is CCN(C(=O)c1sc(C)nc1C)C1(C(=O)O)CC1. The third kappa shape index (κ3) is 1.90. The number of likely N-dealkylation sites (N-methyl/N-ethyl adjacent to an activating group) is 1. The van der Waals surface area contributed by atoms with Crippen molar-refractivity contribution < 1.29 is 14.7 Å². The summed E-state index contributed by atoms with van der Waals surface area (Å²) in [5.74, 6) is -1.11. The van der Waals surface area contributed by atoms with Crippen molar-refractivity contribution in [3.8, 4) is 0 Å². The molecule has 1 N–H and O–H groups in total. The van der Waals surface area contributed by atoms with Crippen LogP contribution in [0.2, 0.25) is 0 Å². The van der Waals surface area contributed by atoms with Crippen LogP contribution >= 0.6 is 11.3 Å². The fourth-order valence-corrected chi connectivity index (χ4v) is 3.08. The maximum atomic E-state index is 12.4. The van der Waals surface area contributed by atoms with Crippen LogP contribution < -0.4 is 0 Å². The Morgan fingerprint density at radius 2 is 2.06 bits per heavy atom. The lowest BCUT2D eigenvalue weighted by Gasteiger charge is -2.27. The maximum Gasteiger partial charge on any atom is 0.329 e. The summed E-state index contributed by atoms with van der Waals surface area (Å²) in [7, 11) is 0. The van der Waals surface area contributed by atoms with Crippen molar-refractivity contribution >= 4 is 23.2 Å². The van der Waals surface area contributed by atoms with Crippen molar-refractivity contribution in [1.82, 2.24) is 9.88 Å². The minimum absolute atomic E-state index is 0.208. The molecule has 1 aliphatic carbocycles. The lowest BCUT2D eigenvalue weighted by atomic mass is 10.2. The van der Waals surface area contributed by atoms with Gasteiger partial charge in [0, 0.05) is 6.54 Å². The molecular formula is C12H16N2O3S. The second kappa shape index (κ2) is 4.35. The summed E-state index contributed by atoms with van der Waals surface area (Å²) >= 11 is 1.33. The van der Waals surface area contributed by atoms with Gasteiger partial charge in [-0.1, -0.05) is 0 Å². The zero-order chi connectivity index (χ0) is 13.5. The molecule has 0 atom stereocenters. The van der Waals surface area contributed by atoms with E-state index in [1.54, 1.807) is 6.92 Å². The normalized spacial score (nSPS) is 16.4. The van der Waals surface area contributed by atoms with Gasteiger partial charge in [0.1, 0.15) is 10.4 Å². The third-order valence-corrected chi connectivity index (χ3v) is 4.36. The van der Waals surface area contributed by atoms with E-state index in [-0.39, 0.29) is 5.91 Å². The predicted octanol–water partition coefficient (Wildman–Crippen LogP) is 1.84. The van der Waals surface area contributed by atoms with Crippen LogP contribution in [-0.4, -0.2) is 39.0 Å². The molecule has 2 rings (SSSR count). The van der Waals surface area contributed by atoms with Crippen LogP contribution in [-0.2, 0) is 4.79 Å². The number of thiazole rings is 1. The molecule has 1 aliphatic rings. The molecule has 0 spiro atoms. The van der Waals surface area contributed by atoms with Gasteiger partial charge in [0.2, 0.25) is 0 Å². The zero-order valence-corrected chi connectivity index (χ0v) is 11.5. The Kier molecular flexibility index (Phi) is 3.14. The Morgan fingerprint density at radius 1 is 1.44 bits per heavy atom. The van der Waals surface area contributed by atoms with Crippen molar-refractivity contribution in [3.05, 3.63) is 15.6 Å². The van der Waals surface area contributed by atoms with E-state index in [1.165, 1.54) is 16.2 Å². The largest absolute Gasteiger partial charge is 0.479 e. The lowest BCUT2D eigenvalue weighted by molar-refractivity contribution is -0.144. The van der Waals surface area contributed by atoms with Gasteiger partial charge in [-0.15, -0.1) is 11.3 Å². The number of hydrogen-bond donors (Lipinski definition) is 1. The second-order valence-corrected chi connectivity index (χ2v) is 5.74. The van der Waals surface area contributed by atoms with Crippen LogP contribution in [0.25, 0.3) is 0 Å². The number of nitrogens with zero attached hydrogens (tertiary/aromatic N) is 2. The van der Waals surface area contributed by atoms with Gasteiger partial charge in [-0.05, 0) is 33.6 Å². The molecule has 5 nitrogen and oxygen atoms in total. The smallest absolute Gasteiger partial charge is 0.329 e. The van der Waals surface area contributed by atoms with E-state index >= 15 is 0 Å². The first kappa shape index (κ1) is 13.0. The highest BCUT2D eigenvalue weighted by molar-refractivity contribution is 7.13.